The number of rotatable bonds is 0. The molecule has 0 saturated heterocycles. The number of amidine groups is 1. The number of carbonyl (C=O) groups excluding carboxylic acids is 1. The van der Waals surface area contributed by atoms with Crippen molar-refractivity contribution >= 4 is 18.0 Å². The second-order valence-electron chi connectivity index (χ2n) is 2.26. The van der Waals surface area contributed by atoms with Crippen molar-refractivity contribution in [2.24, 2.45) is 9.98 Å². The summed E-state index contributed by atoms with van der Waals surface area (Å²) in [7, 11) is 0. The Morgan fingerprint density at radius 1 is 1.50 bits per heavy atom. The standard InChI is InChI=1S/C6H7N3O/c10-6-4-8-5-3-7-1-2-9(5)6/h1H,2-4H2. The Labute approximate surface area is 58.3 Å². The zero-order valence-corrected chi connectivity index (χ0v) is 5.45. The number of fused-ring (bicyclic) bond motifs is 1. The molecule has 2 aliphatic heterocycles. The van der Waals surface area contributed by atoms with E-state index in [2.05, 4.69) is 9.98 Å². The summed E-state index contributed by atoms with van der Waals surface area (Å²) in [4.78, 5) is 20.7. The van der Waals surface area contributed by atoms with Crippen molar-refractivity contribution in [3.8, 4) is 0 Å². The van der Waals surface area contributed by atoms with Crippen LogP contribution in [0.25, 0.3) is 0 Å². The van der Waals surface area contributed by atoms with Gasteiger partial charge in [0.15, 0.2) is 0 Å². The van der Waals surface area contributed by atoms with E-state index in [0.717, 1.165) is 5.84 Å². The average Bonchev–Trinajstić information content (AvgIpc) is 2.34. The summed E-state index contributed by atoms with van der Waals surface area (Å²) >= 11 is 0. The third kappa shape index (κ3) is 0.650. The lowest BCUT2D eigenvalue weighted by molar-refractivity contribution is -0.124. The number of amides is 1. The second kappa shape index (κ2) is 1.90. The summed E-state index contributed by atoms with van der Waals surface area (Å²) in [5, 5.41) is 0. The van der Waals surface area contributed by atoms with Gasteiger partial charge in [0.1, 0.15) is 12.4 Å². The molecule has 0 aliphatic carbocycles. The van der Waals surface area contributed by atoms with Gasteiger partial charge in [0, 0.05) is 6.21 Å². The molecule has 52 valence electrons. The van der Waals surface area contributed by atoms with Gasteiger partial charge >= 0.3 is 0 Å². The van der Waals surface area contributed by atoms with Crippen molar-refractivity contribution in [3.63, 3.8) is 0 Å². The Morgan fingerprint density at radius 2 is 2.40 bits per heavy atom. The van der Waals surface area contributed by atoms with Crippen molar-refractivity contribution in [1.82, 2.24) is 4.90 Å². The molecule has 2 heterocycles. The van der Waals surface area contributed by atoms with Crippen LogP contribution in [0.3, 0.4) is 0 Å². The normalized spacial score (nSPS) is 23.0. The lowest BCUT2D eigenvalue weighted by Crippen LogP contribution is -2.38. The van der Waals surface area contributed by atoms with Gasteiger partial charge < -0.3 is 0 Å². The van der Waals surface area contributed by atoms with E-state index in [1.165, 1.54) is 0 Å². The molecule has 4 nitrogen and oxygen atoms in total. The van der Waals surface area contributed by atoms with Gasteiger partial charge in [-0.2, -0.15) is 0 Å². The maximum absolute atomic E-state index is 11.0. The van der Waals surface area contributed by atoms with Gasteiger partial charge in [0.2, 0.25) is 5.91 Å². The Hall–Kier alpha value is -1.19. The van der Waals surface area contributed by atoms with E-state index < -0.39 is 0 Å². The predicted molar refractivity (Wildman–Crippen MR) is 37.4 cm³/mol. The van der Waals surface area contributed by atoms with Crippen LogP contribution in [0, 0.1) is 0 Å². The van der Waals surface area contributed by atoms with E-state index in [0.29, 0.717) is 19.6 Å². The van der Waals surface area contributed by atoms with Gasteiger partial charge in [-0.05, 0) is 0 Å². The zero-order chi connectivity index (χ0) is 6.97. The van der Waals surface area contributed by atoms with E-state index in [1.54, 1.807) is 11.1 Å². The zero-order valence-electron chi connectivity index (χ0n) is 5.45. The molecular weight excluding hydrogens is 130 g/mol. The third-order valence-electron chi connectivity index (χ3n) is 1.64. The lowest BCUT2D eigenvalue weighted by Gasteiger charge is -2.17. The largest absolute Gasteiger partial charge is 0.292 e. The Kier molecular flexibility index (Phi) is 1.06. The monoisotopic (exact) mass is 137 g/mol. The van der Waals surface area contributed by atoms with Crippen LogP contribution in [0.15, 0.2) is 9.98 Å². The van der Waals surface area contributed by atoms with Crippen LogP contribution < -0.4 is 0 Å². The number of aliphatic imine (C=N–C) groups is 2. The quantitative estimate of drug-likeness (QED) is 0.436. The first kappa shape index (κ1) is 5.58. The van der Waals surface area contributed by atoms with Crippen LogP contribution >= 0.6 is 0 Å². The Balaban J connectivity index is 2.28. The van der Waals surface area contributed by atoms with E-state index in [9.17, 15) is 4.79 Å². The van der Waals surface area contributed by atoms with E-state index in [1.807, 2.05) is 0 Å². The van der Waals surface area contributed by atoms with Crippen LogP contribution in [0.5, 0.6) is 0 Å². The van der Waals surface area contributed by atoms with Gasteiger partial charge in [-0.1, -0.05) is 0 Å². The molecule has 0 aromatic heterocycles. The highest BCUT2D eigenvalue weighted by Crippen LogP contribution is 2.05. The topological polar surface area (TPSA) is 45.0 Å². The molecule has 4 heteroatoms. The lowest BCUT2D eigenvalue weighted by atomic mass is 10.4. The molecule has 10 heavy (non-hydrogen) atoms. The molecule has 0 spiro atoms. The van der Waals surface area contributed by atoms with Gasteiger partial charge in [-0.25, -0.2) is 0 Å². The minimum Gasteiger partial charge on any atom is -0.292 e. The predicted octanol–water partition coefficient (Wildman–Crippen LogP) is -0.688. The smallest absolute Gasteiger partial charge is 0.250 e. The van der Waals surface area contributed by atoms with Gasteiger partial charge in [-0.3, -0.25) is 19.7 Å². The fourth-order valence-electron chi connectivity index (χ4n) is 1.10. The fourth-order valence-corrected chi connectivity index (χ4v) is 1.10. The summed E-state index contributed by atoms with van der Waals surface area (Å²) in [6.45, 7) is 1.50. The maximum Gasteiger partial charge on any atom is 0.250 e. The summed E-state index contributed by atoms with van der Waals surface area (Å²) in [6, 6.07) is 0. The minimum absolute atomic E-state index is 0.0983. The van der Waals surface area contributed by atoms with Gasteiger partial charge in [-0.15, -0.1) is 0 Å². The average molecular weight is 137 g/mol. The number of carbonyl (C=O) groups is 1. The van der Waals surface area contributed by atoms with Crippen LogP contribution in [0.2, 0.25) is 0 Å². The van der Waals surface area contributed by atoms with E-state index in [4.69, 9.17) is 0 Å². The molecule has 0 radical (unpaired) electrons. The molecule has 2 rings (SSSR count). The molecule has 1 amide bonds. The molecule has 0 N–H and O–H groups in total. The summed E-state index contributed by atoms with van der Waals surface area (Å²) in [6.07, 6.45) is 1.75. The maximum atomic E-state index is 11.0. The molecular formula is C6H7N3O. The second-order valence-corrected chi connectivity index (χ2v) is 2.26. The van der Waals surface area contributed by atoms with Crippen LogP contribution in [0.4, 0.5) is 0 Å². The third-order valence-corrected chi connectivity index (χ3v) is 1.64. The molecule has 0 aromatic carbocycles. The van der Waals surface area contributed by atoms with E-state index >= 15 is 0 Å². The molecule has 0 fully saturated rings. The van der Waals surface area contributed by atoms with Crippen LogP contribution in [0.1, 0.15) is 0 Å². The first-order chi connectivity index (χ1) is 4.88. The first-order valence-corrected chi connectivity index (χ1v) is 3.20. The summed E-state index contributed by atoms with van der Waals surface area (Å²) in [5.74, 6) is 0.925. The Bertz CT molecular complexity index is 231. The summed E-state index contributed by atoms with van der Waals surface area (Å²) in [5.41, 5.74) is 0. The summed E-state index contributed by atoms with van der Waals surface area (Å²) < 4.78 is 0. The fraction of sp³-hybridized carbons (Fsp3) is 0.500. The first-order valence-electron chi connectivity index (χ1n) is 3.20. The Morgan fingerprint density at radius 3 is 3.20 bits per heavy atom. The van der Waals surface area contributed by atoms with Crippen molar-refractivity contribution in [2.75, 3.05) is 19.6 Å². The molecule has 0 atom stereocenters. The molecule has 0 saturated carbocycles. The van der Waals surface area contributed by atoms with Crippen molar-refractivity contribution in [1.29, 1.82) is 0 Å². The molecule has 0 bridgehead atoms. The van der Waals surface area contributed by atoms with Crippen LogP contribution in [-0.2, 0) is 4.79 Å². The molecule has 0 aromatic rings. The SMILES string of the molecule is O=C1CN=C2CN=CCN12. The van der Waals surface area contributed by atoms with Crippen molar-refractivity contribution in [3.05, 3.63) is 0 Å². The highest BCUT2D eigenvalue weighted by Gasteiger charge is 2.25. The minimum atomic E-state index is 0.0983. The van der Waals surface area contributed by atoms with Gasteiger partial charge in [0.25, 0.3) is 0 Å². The van der Waals surface area contributed by atoms with Crippen LogP contribution in [-0.4, -0.2) is 42.5 Å². The van der Waals surface area contributed by atoms with Crippen molar-refractivity contribution in [2.45, 2.75) is 0 Å². The number of nitrogens with zero attached hydrogens (tertiary/aromatic N) is 3. The molecule has 0 unspecified atom stereocenters. The number of hydrogen-bond donors (Lipinski definition) is 0. The highest BCUT2D eigenvalue weighted by atomic mass is 16.2. The highest BCUT2D eigenvalue weighted by molar-refractivity contribution is 6.07. The number of hydrogen-bond acceptors (Lipinski definition) is 3. The van der Waals surface area contributed by atoms with Gasteiger partial charge in [0.05, 0.1) is 13.1 Å². The van der Waals surface area contributed by atoms with E-state index in [-0.39, 0.29) is 5.91 Å². The molecule has 2 aliphatic rings. The van der Waals surface area contributed by atoms with Crippen molar-refractivity contribution < 1.29 is 4.79 Å².